The summed E-state index contributed by atoms with van der Waals surface area (Å²) >= 11 is 0. The van der Waals surface area contributed by atoms with Gasteiger partial charge in [-0.05, 0) is 47.6 Å². The van der Waals surface area contributed by atoms with Gasteiger partial charge in [0.2, 0.25) is 0 Å². The highest BCUT2D eigenvalue weighted by molar-refractivity contribution is 6.30. The zero-order valence-corrected chi connectivity index (χ0v) is 12.8. The van der Waals surface area contributed by atoms with Gasteiger partial charge in [-0.3, -0.25) is 4.79 Å². The summed E-state index contributed by atoms with van der Waals surface area (Å²) in [5, 5.41) is 0. The second kappa shape index (κ2) is 5.13. The Morgan fingerprint density at radius 1 is 1.00 bits per heavy atom. The van der Waals surface area contributed by atoms with Crippen LogP contribution in [-0.2, 0) is 17.6 Å². The third-order valence-corrected chi connectivity index (χ3v) is 4.81. The van der Waals surface area contributed by atoms with E-state index < -0.39 is 0 Å². The molecule has 0 saturated heterocycles. The Kier molecular flexibility index (Phi) is 3.11. The first kappa shape index (κ1) is 13.3. The van der Waals surface area contributed by atoms with E-state index in [2.05, 4.69) is 37.3 Å². The van der Waals surface area contributed by atoms with E-state index in [0.29, 0.717) is 0 Å². The van der Waals surface area contributed by atoms with Crippen molar-refractivity contribution in [2.75, 3.05) is 11.4 Å². The number of hydrogen-bond acceptors (Lipinski definition) is 1. The van der Waals surface area contributed by atoms with E-state index in [1.54, 1.807) is 0 Å². The number of amides is 1. The van der Waals surface area contributed by atoms with Crippen molar-refractivity contribution in [2.45, 2.75) is 26.2 Å². The first-order valence-electron chi connectivity index (χ1n) is 7.99. The van der Waals surface area contributed by atoms with Crippen molar-refractivity contribution < 1.29 is 4.79 Å². The molecule has 0 spiro atoms. The van der Waals surface area contributed by atoms with Crippen LogP contribution in [0.15, 0.2) is 54.1 Å². The molecule has 2 nitrogen and oxygen atoms in total. The maximum atomic E-state index is 13.0. The Balaban J connectivity index is 1.77. The molecule has 0 radical (unpaired) electrons. The standard InChI is InChI=1S/C20H19NO/c1-2-14-7-4-6-10-18(14)21-13-16-12-11-15-8-3-5-9-17(15)19(16)20(21)22/h3-10H,2,11-13H2,1H3. The van der Waals surface area contributed by atoms with Crippen molar-refractivity contribution in [3.63, 3.8) is 0 Å². The lowest BCUT2D eigenvalue weighted by Gasteiger charge is -2.20. The number of fused-ring (bicyclic) bond motifs is 2. The lowest BCUT2D eigenvalue weighted by molar-refractivity contribution is -0.112. The molecule has 0 unspecified atom stereocenters. The summed E-state index contributed by atoms with van der Waals surface area (Å²) in [4.78, 5) is 15.0. The SMILES string of the molecule is CCc1ccccc1N1CC2=C(C1=O)c1ccccc1CC2. The molecule has 0 atom stereocenters. The van der Waals surface area contributed by atoms with E-state index in [1.807, 2.05) is 23.1 Å². The first-order valence-corrected chi connectivity index (χ1v) is 7.99. The van der Waals surface area contributed by atoms with Crippen LogP contribution in [0.1, 0.15) is 30.0 Å². The van der Waals surface area contributed by atoms with Crippen molar-refractivity contribution in [3.8, 4) is 0 Å². The van der Waals surface area contributed by atoms with E-state index in [9.17, 15) is 4.79 Å². The lowest BCUT2D eigenvalue weighted by atomic mass is 9.87. The van der Waals surface area contributed by atoms with Gasteiger partial charge in [0.05, 0.1) is 0 Å². The minimum atomic E-state index is 0.169. The maximum absolute atomic E-state index is 13.0. The molecule has 2 aromatic carbocycles. The molecule has 110 valence electrons. The largest absolute Gasteiger partial charge is 0.304 e. The van der Waals surface area contributed by atoms with E-state index in [4.69, 9.17) is 0 Å². The zero-order chi connectivity index (χ0) is 15.1. The van der Waals surface area contributed by atoms with Gasteiger partial charge in [-0.25, -0.2) is 0 Å². The molecule has 1 heterocycles. The molecule has 0 bridgehead atoms. The molecule has 0 saturated carbocycles. The Morgan fingerprint density at radius 3 is 2.64 bits per heavy atom. The maximum Gasteiger partial charge on any atom is 0.259 e. The minimum Gasteiger partial charge on any atom is -0.304 e. The second-order valence-corrected chi connectivity index (χ2v) is 6.01. The summed E-state index contributed by atoms with van der Waals surface area (Å²) < 4.78 is 0. The van der Waals surface area contributed by atoms with Crippen molar-refractivity contribution >= 4 is 17.2 Å². The predicted octanol–water partition coefficient (Wildman–Crippen LogP) is 4.00. The van der Waals surface area contributed by atoms with E-state index >= 15 is 0 Å². The molecule has 22 heavy (non-hydrogen) atoms. The van der Waals surface area contributed by atoms with Crippen LogP contribution >= 0.6 is 0 Å². The van der Waals surface area contributed by atoms with Gasteiger partial charge in [0, 0.05) is 17.8 Å². The summed E-state index contributed by atoms with van der Waals surface area (Å²) in [6.07, 6.45) is 3.00. The van der Waals surface area contributed by atoms with Gasteiger partial charge in [0.15, 0.2) is 0 Å². The molecule has 2 aliphatic rings. The van der Waals surface area contributed by atoms with E-state index in [1.165, 1.54) is 16.7 Å². The van der Waals surface area contributed by atoms with Gasteiger partial charge in [0.1, 0.15) is 0 Å². The van der Waals surface area contributed by atoms with Gasteiger partial charge in [-0.1, -0.05) is 49.4 Å². The molecule has 2 heteroatoms. The highest BCUT2D eigenvalue weighted by Crippen LogP contribution is 2.39. The van der Waals surface area contributed by atoms with Crippen molar-refractivity contribution in [3.05, 3.63) is 70.8 Å². The molecule has 4 rings (SSSR count). The normalized spacial score (nSPS) is 16.8. The molecule has 1 aliphatic carbocycles. The number of carbonyl (C=O) groups excluding carboxylic acids is 1. The van der Waals surface area contributed by atoms with Gasteiger partial charge in [0.25, 0.3) is 5.91 Å². The number of nitrogens with zero attached hydrogens (tertiary/aromatic N) is 1. The topological polar surface area (TPSA) is 20.3 Å². The fraction of sp³-hybridized carbons (Fsp3) is 0.250. The van der Waals surface area contributed by atoms with Gasteiger partial charge in [-0.2, -0.15) is 0 Å². The average Bonchev–Trinajstić information content (AvgIpc) is 2.92. The number of rotatable bonds is 2. The zero-order valence-electron chi connectivity index (χ0n) is 12.8. The summed E-state index contributed by atoms with van der Waals surface area (Å²) in [6.45, 7) is 2.89. The van der Waals surface area contributed by atoms with Crippen LogP contribution in [0.4, 0.5) is 5.69 Å². The number of hydrogen-bond donors (Lipinski definition) is 0. The van der Waals surface area contributed by atoms with E-state index in [-0.39, 0.29) is 5.91 Å². The van der Waals surface area contributed by atoms with Crippen LogP contribution in [0, 0.1) is 0 Å². The second-order valence-electron chi connectivity index (χ2n) is 6.01. The first-order chi connectivity index (χ1) is 10.8. The quantitative estimate of drug-likeness (QED) is 0.818. The summed E-state index contributed by atoms with van der Waals surface area (Å²) in [6, 6.07) is 16.6. The molecular formula is C20H19NO. The molecule has 1 aliphatic heterocycles. The molecule has 1 amide bonds. The number of para-hydroxylation sites is 1. The monoisotopic (exact) mass is 289 g/mol. The third-order valence-electron chi connectivity index (χ3n) is 4.81. The Bertz CT molecular complexity index is 788. The van der Waals surface area contributed by atoms with Crippen LogP contribution in [0.2, 0.25) is 0 Å². The highest BCUT2D eigenvalue weighted by atomic mass is 16.2. The highest BCUT2D eigenvalue weighted by Gasteiger charge is 2.35. The molecule has 0 N–H and O–H groups in total. The number of carbonyl (C=O) groups is 1. The van der Waals surface area contributed by atoms with Gasteiger partial charge < -0.3 is 4.90 Å². The Hall–Kier alpha value is -2.35. The average molecular weight is 289 g/mol. The van der Waals surface area contributed by atoms with Crippen LogP contribution in [0.25, 0.3) is 5.57 Å². The van der Waals surface area contributed by atoms with Crippen molar-refractivity contribution in [1.82, 2.24) is 0 Å². The fourth-order valence-corrected chi connectivity index (χ4v) is 3.67. The smallest absolute Gasteiger partial charge is 0.259 e. The van der Waals surface area contributed by atoms with Gasteiger partial charge in [-0.15, -0.1) is 0 Å². The number of anilines is 1. The Morgan fingerprint density at radius 2 is 1.77 bits per heavy atom. The lowest BCUT2D eigenvalue weighted by Crippen LogP contribution is -2.27. The van der Waals surface area contributed by atoms with Crippen LogP contribution < -0.4 is 4.90 Å². The summed E-state index contributed by atoms with van der Waals surface area (Å²) in [7, 11) is 0. The third kappa shape index (κ3) is 1.91. The predicted molar refractivity (Wildman–Crippen MR) is 89.9 cm³/mol. The van der Waals surface area contributed by atoms with Crippen LogP contribution in [0.3, 0.4) is 0 Å². The fourth-order valence-electron chi connectivity index (χ4n) is 3.67. The number of benzene rings is 2. The van der Waals surface area contributed by atoms with E-state index in [0.717, 1.165) is 42.6 Å². The molecular weight excluding hydrogens is 270 g/mol. The van der Waals surface area contributed by atoms with Gasteiger partial charge >= 0.3 is 0 Å². The summed E-state index contributed by atoms with van der Waals surface area (Å²) in [5.41, 5.74) is 7.01. The minimum absolute atomic E-state index is 0.169. The van der Waals surface area contributed by atoms with Crippen LogP contribution in [-0.4, -0.2) is 12.5 Å². The van der Waals surface area contributed by atoms with Crippen molar-refractivity contribution in [1.29, 1.82) is 0 Å². The molecule has 2 aromatic rings. The van der Waals surface area contributed by atoms with Crippen LogP contribution in [0.5, 0.6) is 0 Å². The number of aryl methyl sites for hydroxylation is 2. The van der Waals surface area contributed by atoms with Crippen molar-refractivity contribution in [2.24, 2.45) is 0 Å². The summed E-state index contributed by atoms with van der Waals surface area (Å²) in [5.74, 6) is 0.169. The Labute approximate surface area is 131 Å². The molecule has 0 fully saturated rings. The molecule has 0 aromatic heterocycles.